The zero-order valence-electron chi connectivity index (χ0n) is 10.0. The number of nitrogens with one attached hydrogen (secondary N) is 1. The van der Waals surface area contributed by atoms with Gasteiger partial charge in [0.25, 0.3) is 5.56 Å². The Labute approximate surface area is 100 Å². The van der Waals surface area contributed by atoms with Crippen molar-refractivity contribution in [3.05, 3.63) is 52.4 Å². The van der Waals surface area contributed by atoms with Crippen LogP contribution in [0.1, 0.15) is 25.3 Å². The minimum atomic E-state index is -0.243. The molecule has 17 heavy (non-hydrogen) atoms. The molecule has 0 saturated carbocycles. The fourth-order valence-electron chi connectivity index (χ4n) is 1.73. The van der Waals surface area contributed by atoms with Gasteiger partial charge in [-0.3, -0.25) is 4.79 Å². The molecule has 0 aliphatic carbocycles. The molecule has 1 aromatic carbocycles. The summed E-state index contributed by atoms with van der Waals surface area (Å²) in [5.74, 6) is 0.518. The topological polar surface area (TPSA) is 58.9 Å². The Morgan fingerprint density at radius 3 is 2.29 bits per heavy atom. The largest absolute Gasteiger partial charge is 0.394 e. The molecule has 0 aliphatic rings. The standard InChI is InChI=1S/C14H16N2O/c1-9(2)10-3-5-11(6-4-10)12-7-13(15)14(17)16-8-12/h3-9H,15H2,1-2H3,(H,16,17). The van der Waals surface area contributed by atoms with Crippen LogP contribution in [-0.2, 0) is 0 Å². The summed E-state index contributed by atoms with van der Waals surface area (Å²) in [7, 11) is 0. The molecule has 0 atom stereocenters. The molecule has 0 radical (unpaired) electrons. The predicted molar refractivity (Wildman–Crippen MR) is 71.0 cm³/mol. The van der Waals surface area contributed by atoms with E-state index in [-0.39, 0.29) is 11.2 Å². The van der Waals surface area contributed by atoms with Gasteiger partial charge in [0.2, 0.25) is 0 Å². The number of hydrogen-bond donors (Lipinski definition) is 2. The van der Waals surface area contributed by atoms with Crippen molar-refractivity contribution in [2.24, 2.45) is 0 Å². The van der Waals surface area contributed by atoms with Crippen molar-refractivity contribution in [1.82, 2.24) is 4.98 Å². The van der Waals surface area contributed by atoms with E-state index in [9.17, 15) is 4.79 Å². The predicted octanol–water partition coefficient (Wildman–Crippen LogP) is 2.75. The Kier molecular flexibility index (Phi) is 3.00. The number of nitrogen functional groups attached to an aromatic ring is 1. The Bertz CT molecular complexity index is 568. The molecular formula is C14H16N2O. The highest BCUT2D eigenvalue weighted by Crippen LogP contribution is 2.22. The number of benzene rings is 1. The van der Waals surface area contributed by atoms with Gasteiger partial charge in [-0.15, -0.1) is 0 Å². The number of hydrogen-bond acceptors (Lipinski definition) is 2. The van der Waals surface area contributed by atoms with E-state index in [2.05, 4.69) is 31.0 Å². The van der Waals surface area contributed by atoms with Gasteiger partial charge in [0.15, 0.2) is 0 Å². The van der Waals surface area contributed by atoms with Crippen molar-refractivity contribution in [1.29, 1.82) is 0 Å². The Morgan fingerprint density at radius 1 is 1.12 bits per heavy atom. The van der Waals surface area contributed by atoms with Crippen LogP contribution in [0.5, 0.6) is 0 Å². The maximum Gasteiger partial charge on any atom is 0.271 e. The lowest BCUT2D eigenvalue weighted by molar-refractivity contribution is 0.867. The third kappa shape index (κ3) is 2.38. The van der Waals surface area contributed by atoms with Crippen LogP contribution in [0.4, 0.5) is 5.69 Å². The van der Waals surface area contributed by atoms with Crippen LogP contribution in [0.25, 0.3) is 11.1 Å². The summed E-state index contributed by atoms with van der Waals surface area (Å²) in [6.45, 7) is 4.32. The number of anilines is 1. The van der Waals surface area contributed by atoms with Gasteiger partial charge in [0, 0.05) is 11.8 Å². The molecule has 0 spiro atoms. The van der Waals surface area contributed by atoms with Crippen LogP contribution in [0.2, 0.25) is 0 Å². The Hall–Kier alpha value is -2.03. The van der Waals surface area contributed by atoms with Gasteiger partial charge >= 0.3 is 0 Å². The van der Waals surface area contributed by atoms with E-state index in [4.69, 9.17) is 5.73 Å². The van der Waals surface area contributed by atoms with Crippen molar-refractivity contribution in [2.75, 3.05) is 5.73 Å². The molecule has 3 nitrogen and oxygen atoms in total. The molecule has 2 rings (SSSR count). The highest BCUT2D eigenvalue weighted by molar-refractivity contribution is 5.66. The quantitative estimate of drug-likeness (QED) is 0.830. The number of pyridine rings is 1. The molecule has 0 aliphatic heterocycles. The molecular weight excluding hydrogens is 212 g/mol. The maximum atomic E-state index is 11.2. The van der Waals surface area contributed by atoms with Crippen LogP contribution < -0.4 is 11.3 Å². The van der Waals surface area contributed by atoms with E-state index in [0.717, 1.165) is 11.1 Å². The summed E-state index contributed by atoms with van der Waals surface area (Å²) >= 11 is 0. The minimum absolute atomic E-state index is 0.243. The molecule has 2 aromatic rings. The molecule has 3 N–H and O–H groups in total. The second kappa shape index (κ2) is 4.45. The zero-order chi connectivity index (χ0) is 12.4. The van der Waals surface area contributed by atoms with E-state index in [1.165, 1.54) is 5.56 Å². The van der Waals surface area contributed by atoms with Gasteiger partial charge in [-0.2, -0.15) is 0 Å². The summed E-state index contributed by atoms with van der Waals surface area (Å²) in [4.78, 5) is 13.8. The fraction of sp³-hybridized carbons (Fsp3) is 0.214. The van der Waals surface area contributed by atoms with Gasteiger partial charge in [0.05, 0.1) is 5.69 Å². The van der Waals surface area contributed by atoms with Crippen molar-refractivity contribution in [2.45, 2.75) is 19.8 Å². The van der Waals surface area contributed by atoms with Crippen molar-refractivity contribution in [3.8, 4) is 11.1 Å². The molecule has 1 aromatic heterocycles. The third-order valence-corrected chi connectivity index (χ3v) is 2.84. The number of H-pyrrole nitrogens is 1. The first-order chi connectivity index (χ1) is 8.08. The zero-order valence-corrected chi connectivity index (χ0v) is 10.0. The summed E-state index contributed by atoms with van der Waals surface area (Å²) < 4.78 is 0. The molecule has 0 fully saturated rings. The Balaban J connectivity index is 2.39. The lowest BCUT2D eigenvalue weighted by Gasteiger charge is -2.07. The molecule has 0 bridgehead atoms. The lowest BCUT2D eigenvalue weighted by Crippen LogP contribution is -2.10. The summed E-state index contributed by atoms with van der Waals surface area (Å²) in [5.41, 5.74) is 8.87. The molecule has 0 amide bonds. The average molecular weight is 228 g/mol. The monoisotopic (exact) mass is 228 g/mol. The van der Waals surface area contributed by atoms with Gasteiger partial charge in [-0.1, -0.05) is 38.1 Å². The van der Waals surface area contributed by atoms with E-state index >= 15 is 0 Å². The van der Waals surface area contributed by atoms with E-state index in [1.54, 1.807) is 12.3 Å². The van der Waals surface area contributed by atoms with Crippen LogP contribution in [0.3, 0.4) is 0 Å². The highest BCUT2D eigenvalue weighted by Gasteiger charge is 2.02. The molecule has 3 heteroatoms. The second-order valence-electron chi connectivity index (χ2n) is 4.45. The molecule has 1 heterocycles. The average Bonchev–Trinajstić information content (AvgIpc) is 2.33. The fourth-order valence-corrected chi connectivity index (χ4v) is 1.73. The number of aromatic amines is 1. The van der Waals surface area contributed by atoms with Gasteiger partial charge in [-0.05, 0) is 23.1 Å². The molecule has 0 saturated heterocycles. The van der Waals surface area contributed by atoms with Crippen LogP contribution in [0.15, 0.2) is 41.3 Å². The van der Waals surface area contributed by atoms with E-state index in [1.807, 2.05) is 12.1 Å². The first kappa shape index (κ1) is 11.5. The molecule has 0 unspecified atom stereocenters. The number of rotatable bonds is 2. The number of aromatic nitrogens is 1. The van der Waals surface area contributed by atoms with Crippen molar-refractivity contribution in [3.63, 3.8) is 0 Å². The Morgan fingerprint density at radius 2 is 1.76 bits per heavy atom. The second-order valence-corrected chi connectivity index (χ2v) is 4.45. The minimum Gasteiger partial charge on any atom is -0.394 e. The number of nitrogens with two attached hydrogens (primary N) is 1. The van der Waals surface area contributed by atoms with Crippen LogP contribution in [-0.4, -0.2) is 4.98 Å². The first-order valence-corrected chi connectivity index (χ1v) is 5.66. The van der Waals surface area contributed by atoms with Crippen LogP contribution in [0, 0.1) is 0 Å². The smallest absolute Gasteiger partial charge is 0.271 e. The van der Waals surface area contributed by atoms with Crippen molar-refractivity contribution >= 4 is 5.69 Å². The molecule has 88 valence electrons. The van der Waals surface area contributed by atoms with Crippen molar-refractivity contribution < 1.29 is 0 Å². The SMILES string of the molecule is CC(C)c1ccc(-c2c[nH]c(=O)c(N)c2)cc1. The third-order valence-electron chi connectivity index (χ3n) is 2.84. The van der Waals surface area contributed by atoms with E-state index in [0.29, 0.717) is 5.92 Å². The summed E-state index contributed by atoms with van der Waals surface area (Å²) in [5, 5.41) is 0. The summed E-state index contributed by atoms with van der Waals surface area (Å²) in [6.07, 6.45) is 1.68. The van der Waals surface area contributed by atoms with Gasteiger partial charge < -0.3 is 10.7 Å². The first-order valence-electron chi connectivity index (χ1n) is 5.66. The van der Waals surface area contributed by atoms with E-state index < -0.39 is 0 Å². The lowest BCUT2D eigenvalue weighted by atomic mass is 9.99. The van der Waals surface area contributed by atoms with Gasteiger partial charge in [0.1, 0.15) is 0 Å². The highest BCUT2D eigenvalue weighted by atomic mass is 16.1. The maximum absolute atomic E-state index is 11.2. The normalized spacial score (nSPS) is 10.8. The van der Waals surface area contributed by atoms with Gasteiger partial charge in [-0.25, -0.2) is 0 Å². The van der Waals surface area contributed by atoms with Crippen LogP contribution >= 0.6 is 0 Å². The summed E-state index contributed by atoms with van der Waals surface area (Å²) in [6, 6.07) is 9.98.